The Morgan fingerprint density at radius 3 is 2.22 bits per heavy atom. The fourth-order valence-corrected chi connectivity index (χ4v) is 3.67. The van der Waals surface area contributed by atoms with Gasteiger partial charge in [-0.2, -0.15) is 0 Å². The second kappa shape index (κ2) is 4.77. The molecule has 0 amide bonds. The maximum atomic E-state index is 10.4. The Morgan fingerprint density at radius 2 is 1.72 bits per heavy atom. The van der Waals surface area contributed by atoms with Gasteiger partial charge in [0, 0.05) is 38.8 Å². The van der Waals surface area contributed by atoms with Crippen LogP contribution in [0.4, 0.5) is 0 Å². The fourth-order valence-electron chi connectivity index (χ4n) is 3.67. The molecule has 0 aromatic rings. The van der Waals surface area contributed by atoms with Gasteiger partial charge >= 0.3 is 0 Å². The van der Waals surface area contributed by atoms with Gasteiger partial charge in [0.2, 0.25) is 0 Å². The molecule has 2 aliphatic carbocycles. The van der Waals surface area contributed by atoms with Gasteiger partial charge in [-0.05, 0) is 37.0 Å². The van der Waals surface area contributed by atoms with E-state index in [1.807, 2.05) is 0 Å². The molecule has 0 bridgehead atoms. The van der Waals surface area contributed by atoms with Gasteiger partial charge < -0.3 is 10.0 Å². The Balaban J connectivity index is 1.50. The quantitative estimate of drug-likeness (QED) is 0.826. The van der Waals surface area contributed by atoms with Gasteiger partial charge in [-0.1, -0.05) is 13.8 Å². The number of hydrogen-bond acceptors (Lipinski definition) is 3. The topological polar surface area (TPSA) is 26.7 Å². The van der Waals surface area contributed by atoms with Gasteiger partial charge in [0.05, 0.1) is 6.10 Å². The molecule has 2 saturated carbocycles. The highest BCUT2D eigenvalue weighted by Gasteiger charge is 2.43. The number of aliphatic hydroxyl groups is 1. The van der Waals surface area contributed by atoms with E-state index in [1.165, 1.54) is 45.3 Å². The number of piperazine rings is 1. The molecule has 0 aromatic carbocycles. The maximum Gasteiger partial charge on any atom is 0.0746 e. The molecule has 104 valence electrons. The van der Waals surface area contributed by atoms with E-state index in [1.54, 1.807) is 0 Å². The average Bonchev–Trinajstić information content (AvgIpc) is 3.10. The summed E-state index contributed by atoms with van der Waals surface area (Å²) in [4.78, 5) is 5.17. The summed E-state index contributed by atoms with van der Waals surface area (Å²) >= 11 is 0. The highest BCUT2D eigenvalue weighted by Crippen LogP contribution is 2.40. The van der Waals surface area contributed by atoms with Crippen LogP contribution >= 0.6 is 0 Å². The molecule has 3 fully saturated rings. The van der Waals surface area contributed by atoms with Crippen molar-refractivity contribution < 1.29 is 5.11 Å². The standard InChI is InChI=1S/C15H28N2O/c1-15(2)6-5-13(14(15)18)17-9-7-16(8-10-17)11-12-3-4-12/h12-14,18H,3-11H2,1-2H3. The van der Waals surface area contributed by atoms with Gasteiger partial charge in [0.15, 0.2) is 0 Å². The fraction of sp³-hybridized carbons (Fsp3) is 1.00. The first-order valence-electron chi connectivity index (χ1n) is 7.71. The van der Waals surface area contributed by atoms with Gasteiger partial charge in [0.1, 0.15) is 0 Å². The summed E-state index contributed by atoms with van der Waals surface area (Å²) in [6.07, 6.45) is 5.12. The minimum absolute atomic E-state index is 0.121. The molecular formula is C15H28N2O. The Labute approximate surface area is 111 Å². The van der Waals surface area contributed by atoms with E-state index in [4.69, 9.17) is 0 Å². The lowest BCUT2D eigenvalue weighted by molar-refractivity contribution is -0.00356. The van der Waals surface area contributed by atoms with Crippen molar-refractivity contribution in [3.63, 3.8) is 0 Å². The van der Waals surface area contributed by atoms with Crippen LogP contribution < -0.4 is 0 Å². The Kier molecular flexibility index (Phi) is 3.41. The van der Waals surface area contributed by atoms with Crippen LogP contribution in [0.5, 0.6) is 0 Å². The predicted molar refractivity (Wildman–Crippen MR) is 73.5 cm³/mol. The van der Waals surface area contributed by atoms with Gasteiger partial charge in [-0.3, -0.25) is 4.90 Å². The molecule has 1 heterocycles. The minimum Gasteiger partial charge on any atom is -0.391 e. The number of hydrogen-bond donors (Lipinski definition) is 1. The number of aliphatic hydroxyl groups excluding tert-OH is 1. The molecule has 2 unspecified atom stereocenters. The molecule has 1 N–H and O–H groups in total. The molecule has 18 heavy (non-hydrogen) atoms. The second-order valence-electron chi connectivity index (χ2n) is 7.32. The molecule has 3 heteroatoms. The van der Waals surface area contributed by atoms with Crippen molar-refractivity contribution in [1.29, 1.82) is 0 Å². The predicted octanol–water partition coefficient (Wildman–Crippen LogP) is 1.56. The van der Waals surface area contributed by atoms with Crippen LogP contribution in [-0.4, -0.2) is 59.8 Å². The molecule has 0 radical (unpaired) electrons. The summed E-state index contributed by atoms with van der Waals surface area (Å²) in [7, 11) is 0. The molecule has 3 rings (SSSR count). The zero-order chi connectivity index (χ0) is 12.8. The van der Waals surface area contributed by atoms with Crippen molar-refractivity contribution in [2.45, 2.75) is 51.7 Å². The summed E-state index contributed by atoms with van der Waals surface area (Å²) in [5.41, 5.74) is 0.121. The van der Waals surface area contributed by atoms with Gasteiger partial charge in [-0.15, -0.1) is 0 Å². The lowest BCUT2D eigenvalue weighted by atomic mass is 9.88. The number of nitrogens with zero attached hydrogens (tertiary/aromatic N) is 2. The highest BCUT2D eigenvalue weighted by atomic mass is 16.3. The third kappa shape index (κ3) is 2.59. The van der Waals surface area contributed by atoms with Crippen molar-refractivity contribution in [2.24, 2.45) is 11.3 Å². The first-order valence-corrected chi connectivity index (χ1v) is 7.71. The van der Waals surface area contributed by atoms with Crippen molar-refractivity contribution in [3.8, 4) is 0 Å². The molecule has 3 nitrogen and oxygen atoms in total. The van der Waals surface area contributed by atoms with Crippen LogP contribution in [0.15, 0.2) is 0 Å². The lowest BCUT2D eigenvalue weighted by Crippen LogP contribution is -2.53. The van der Waals surface area contributed by atoms with Crippen LogP contribution in [-0.2, 0) is 0 Å². The molecule has 0 aromatic heterocycles. The number of rotatable bonds is 3. The minimum atomic E-state index is -0.132. The van der Waals surface area contributed by atoms with Crippen LogP contribution in [0.3, 0.4) is 0 Å². The summed E-state index contributed by atoms with van der Waals surface area (Å²) in [6.45, 7) is 10.5. The van der Waals surface area contributed by atoms with E-state index in [0.717, 1.165) is 19.0 Å². The van der Waals surface area contributed by atoms with Crippen LogP contribution in [0.25, 0.3) is 0 Å². The summed E-state index contributed by atoms with van der Waals surface area (Å²) < 4.78 is 0. The van der Waals surface area contributed by atoms with Crippen molar-refractivity contribution in [3.05, 3.63) is 0 Å². The van der Waals surface area contributed by atoms with Crippen molar-refractivity contribution >= 4 is 0 Å². The second-order valence-corrected chi connectivity index (χ2v) is 7.32. The lowest BCUT2D eigenvalue weighted by Gasteiger charge is -2.40. The zero-order valence-corrected chi connectivity index (χ0v) is 11.9. The van der Waals surface area contributed by atoms with Gasteiger partial charge in [0.25, 0.3) is 0 Å². The third-order valence-electron chi connectivity index (χ3n) is 5.34. The third-order valence-corrected chi connectivity index (χ3v) is 5.34. The summed E-state index contributed by atoms with van der Waals surface area (Å²) in [6, 6.07) is 0.420. The maximum absolute atomic E-state index is 10.4. The van der Waals surface area contributed by atoms with Gasteiger partial charge in [-0.25, -0.2) is 0 Å². The summed E-state index contributed by atoms with van der Waals surface area (Å²) in [5, 5.41) is 10.4. The van der Waals surface area contributed by atoms with Crippen molar-refractivity contribution in [2.75, 3.05) is 32.7 Å². The van der Waals surface area contributed by atoms with Crippen LogP contribution in [0, 0.1) is 11.3 Å². The van der Waals surface area contributed by atoms with E-state index in [0.29, 0.717) is 6.04 Å². The Hall–Kier alpha value is -0.120. The SMILES string of the molecule is CC1(C)CCC(N2CCN(CC3CC3)CC2)C1O. The molecule has 0 spiro atoms. The summed E-state index contributed by atoms with van der Waals surface area (Å²) in [5.74, 6) is 1.01. The molecule has 2 atom stereocenters. The Bertz CT molecular complexity index is 293. The van der Waals surface area contributed by atoms with Crippen LogP contribution in [0.2, 0.25) is 0 Å². The smallest absolute Gasteiger partial charge is 0.0746 e. The molecule has 1 aliphatic heterocycles. The Morgan fingerprint density at radius 1 is 1.06 bits per heavy atom. The first kappa shape index (κ1) is 12.9. The van der Waals surface area contributed by atoms with E-state index < -0.39 is 0 Å². The highest BCUT2D eigenvalue weighted by molar-refractivity contribution is 4.97. The van der Waals surface area contributed by atoms with E-state index in [9.17, 15) is 5.11 Å². The normalized spacial score (nSPS) is 38.2. The first-order chi connectivity index (χ1) is 8.56. The molecular weight excluding hydrogens is 224 g/mol. The largest absolute Gasteiger partial charge is 0.391 e. The monoisotopic (exact) mass is 252 g/mol. The van der Waals surface area contributed by atoms with E-state index in [2.05, 4.69) is 23.6 Å². The van der Waals surface area contributed by atoms with E-state index in [-0.39, 0.29) is 11.5 Å². The van der Waals surface area contributed by atoms with E-state index >= 15 is 0 Å². The molecule has 1 saturated heterocycles. The molecule has 3 aliphatic rings. The average molecular weight is 252 g/mol. The van der Waals surface area contributed by atoms with Crippen molar-refractivity contribution in [1.82, 2.24) is 9.80 Å². The zero-order valence-electron chi connectivity index (χ0n) is 11.9. The van der Waals surface area contributed by atoms with Crippen LogP contribution in [0.1, 0.15) is 39.5 Å².